The van der Waals surface area contributed by atoms with Gasteiger partial charge in [0.15, 0.2) is 0 Å². The standard InChI is InChI=1S/C12H18O2/c1-9-4-5-12(13)10(7-9)8-11-3-2-6-14-11/h2-3,6,9-10,12-13H,4-5,7-8H2,1H3. The van der Waals surface area contributed by atoms with Crippen LogP contribution in [0.15, 0.2) is 22.8 Å². The van der Waals surface area contributed by atoms with Crippen LogP contribution in [0, 0.1) is 11.8 Å². The van der Waals surface area contributed by atoms with Crippen molar-refractivity contribution in [2.75, 3.05) is 0 Å². The molecule has 78 valence electrons. The van der Waals surface area contributed by atoms with Crippen molar-refractivity contribution < 1.29 is 9.52 Å². The molecule has 2 rings (SSSR count). The average molecular weight is 194 g/mol. The summed E-state index contributed by atoms with van der Waals surface area (Å²) in [5.41, 5.74) is 0. The first-order valence-corrected chi connectivity index (χ1v) is 5.46. The van der Waals surface area contributed by atoms with Gasteiger partial charge >= 0.3 is 0 Å². The largest absolute Gasteiger partial charge is 0.469 e. The van der Waals surface area contributed by atoms with Crippen molar-refractivity contribution in [2.45, 2.75) is 38.7 Å². The zero-order valence-corrected chi connectivity index (χ0v) is 8.65. The highest BCUT2D eigenvalue weighted by Gasteiger charge is 2.27. The summed E-state index contributed by atoms with van der Waals surface area (Å²) in [7, 11) is 0. The number of hydrogen-bond acceptors (Lipinski definition) is 2. The molecule has 1 aliphatic rings. The van der Waals surface area contributed by atoms with Gasteiger partial charge in [-0.05, 0) is 43.2 Å². The summed E-state index contributed by atoms with van der Waals surface area (Å²) in [4.78, 5) is 0. The fourth-order valence-electron chi connectivity index (χ4n) is 2.39. The van der Waals surface area contributed by atoms with Crippen molar-refractivity contribution >= 4 is 0 Å². The minimum Gasteiger partial charge on any atom is -0.469 e. The second-order valence-corrected chi connectivity index (χ2v) is 4.53. The van der Waals surface area contributed by atoms with Crippen LogP contribution < -0.4 is 0 Å². The Morgan fingerprint density at radius 1 is 1.50 bits per heavy atom. The summed E-state index contributed by atoms with van der Waals surface area (Å²) in [5, 5.41) is 9.84. The van der Waals surface area contributed by atoms with E-state index in [1.54, 1.807) is 6.26 Å². The van der Waals surface area contributed by atoms with Crippen LogP contribution in [0.4, 0.5) is 0 Å². The number of rotatable bonds is 2. The third-order valence-electron chi connectivity index (χ3n) is 3.25. The summed E-state index contributed by atoms with van der Waals surface area (Å²) in [6, 6.07) is 3.90. The van der Waals surface area contributed by atoms with Crippen molar-refractivity contribution in [1.29, 1.82) is 0 Å². The summed E-state index contributed by atoms with van der Waals surface area (Å²) >= 11 is 0. The molecule has 1 saturated carbocycles. The molecule has 0 spiro atoms. The maximum atomic E-state index is 9.84. The highest BCUT2D eigenvalue weighted by Crippen LogP contribution is 2.31. The molecule has 3 unspecified atom stereocenters. The molecule has 0 aliphatic heterocycles. The van der Waals surface area contributed by atoms with Gasteiger partial charge in [-0.1, -0.05) is 6.92 Å². The number of hydrogen-bond donors (Lipinski definition) is 1. The van der Waals surface area contributed by atoms with Crippen LogP contribution in [0.25, 0.3) is 0 Å². The lowest BCUT2D eigenvalue weighted by molar-refractivity contribution is 0.0494. The minimum absolute atomic E-state index is 0.128. The van der Waals surface area contributed by atoms with E-state index in [1.807, 2.05) is 12.1 Å². The van der Waals surface area contributed by atoms with Gasteiger partial charge in [-0.25, -0.2) is 0 Å². The molecule has 1 N–H and O–H groups in total. The van der Waals surface area contributed by atoms with E-state index in [1.165, 1.54) is 0 Å². The quantitative estimate of drug-likeness (QED) is 0.785. The van der Waals surface area contributed by atoms with Gasteiger partial charge in [-0.3, -0.25) is 0 Å². The zero-order valence-electron chi connectivity index (χ0n) is 8.65. The molecule has 0 radical (unpaired) electrons. The lowest BCUT2D eigenvalue weighted by Crippen LogP contribution is -2.29. The first-order chi connectivity index (χ1) is 6.75. The molecule has 0 aromatic carbocycles. The summed E-state index contributed by atoms with van der Waals surface area (Å²) in [6.45, 7) is 2.26. The molecule has 0 amide bonds. The molecule has 3 atom stereocenters. The van der Waals surface area contributed by atoms with Gasteiger partial charge < -0.3 is 9.52 Å². The van der Waals surface area contributed by atoms with Crippen molar-refractivity contribution in [2.24, 2.45) is 11.8 Å². The Balaban J connectivity index is 1.95. The SMILES string of the molecule is CC1CCC(O)C(Cc2ccco2)C1. The Morgan fingerprint density at radius 2 is 2.36 bits per heavy atom. The monoisotopic (exact) mass is 194 g/mol. The Kier molecular flexibility index (Phi) is 2.92. The van der Waals surface area contributed by atoms with E-state index in [0.717, 1.165) is 37.4 Å². The Hall–Kier alpha value is -0.760. The van der Waals surface area contributed by atoms with Crippen molar-refractivity contribution in [3.05, 3.63) is 24.2 Å². The summed E-state index contributed by atoms with van der Waals surface area (Å²) in [5.74, 6) is 2.14. The van der Waals surface area contributed by atoms with E-state index < -0.39 is 0 Å². The van der Waals surface area contributed by atoms with Gasteiger partial charge in [-0.2, -0.15) is 0 Å². The molecule has 1 aromatic rings. The fourth-order valence-corrected chi connectivity index (χ4v) is 2.39. The van der Waals surface area contributed by atoms with Crippen LogP contribution in [-0.2, 0) is 6.42 Å². The lowest BCUT2D eigenvalue weighted by Gasteiger charge is -2.31. The topological polar surface area (TPSA) is 33.4 Å². The molecule has 0 saturated heterocycles. The van der Waals surface area contributed by atoms with Crippen LogP contribution in [0.1, 0.15) is 31.9 Å². The third-order valence-corrected chi connectivity index (χ3v) is 3.25. The predicted octanol–water partition coefficient (Wildman–Crippen LogP) is 2.62. The van der Waals surface area contributed by atoms with Crippen LogP contribution in [-0.4, -0.2) is 11.2 Å². The van der Waals surface area contributed by atoms with Crippen LogP contribution in [0.3, 0.4) is 0 Å². The van der Waals surface area contributed by atoms with Gasteiger partial charge in [0.1, 0.15) is 5.76 Å². The summed E-state index contributed by atoms with van der Waals surface area (Å²) < 4.78 is 5.31. The molecule has 0 bridgehead atoms. The molecular weight excluding hydrogens is 176 g/mol. The molecular formula is C12H18O2. The van der Waals surface area contributed by atoms with Crippen LogP contribution in [0.5, 0.6) is 0 Å². The Morgan fingerprint density at radius 3 is 3.07 bits per heavy atom. The van der Waals surface area contributed by atoms with Gasteiger partial charge in [0, 0.05) is 6.42 Å². The van der Waals surface area contributed by atoms with E-state index in [0.29, 0.717) is 5.92 Å². The van der Waals surface area contributed by atoms with E-state index in [4.69, 9.17) is 4.42 Å². The first-order valence-electron chi connectivity index (χ1n) is 5.46. The Bertz CT molecular complexity index is 266. The fraction of sp³-hybridized carbons (Fsp3) is 0.667. The van der Waals surface area contributed by atoms with Gasteiger partial charge in [0.25, 0.3) is 0 Å². The normalized spacial score (nSPS) is 33.1. The second-order valence-electron chi connectivity index (χ2n) is 4.53. The summed E-state index contributed by atoms with van der Waals surface area (Å²) in [6.07, 6.45) is 5.70. The number of aliphatic hydroxyl groups is 1. The van der Waals surface area contributed by atoms with Crippen molar-refractivity contribution in [3.8, 4) is 0 Å². The van der Waals surface area contributed by atoms with E-state index in [2.05, 4.69) is 6.92 Å². The van der Waals surface area contributed by atoms with Gasteiger partial charge in [0.05, 0.1) is 12.4 Å². The molecule has 2 nitrogen and oxygen atoms in total. The molecule has 2 heteroatoms. The predicted molar refractivity (Wildman–Crippen MR) is 54.9 cm³/mol. The maximum Gasteiger partial charge on any atom is 0.104 e. The van der Waals surface area contributed by atoms with Crippen LogP contribution >= 0.6 is 0 Å². The third kappa shape index (κ3) is 2.18. The molecule has 1 heterocycles. The molecule has 1 fully saturated rings. The van der Waals surface area contributed by atoms with Crippen LogP contribution in [0.2, 0.25) is 0 Å². The van der Waals surface area contributed by atoms with E-state index >= 15 is 0 Å². The highest BCUT2D eigenvalue weighted by molar-refractivity contribution is 5.00. The van der Waals surface area contributed by atoms with E-state index in [-0.39, 0.29) is 6.10 Å². The number of furan rings is 1. The van der Waals surface area contributed by atoms with Gasteiger partial charge in [-0.15, -0.1) is 0 Å². The smallest absolute Gasteiger partial charge is 0.104 e. The Labute approximate surface area is 84.9 Å². The highest BCUT2D eigenvalue weighted by atomic mass is 16.3. The molecule has 14 heavy (non-hydrogen) atoms. The van der Waals surface area contributed by atoms with Crippen molar-refractivity contribution in [3.63, 3.8) is 0 Å². The first kappa shape index (κ1) is 9.78. The maximum absolute atomic E-state index is 9.84. The molecule has 1 aromatic heterocycles. The molecule has 1 aliphatic carbocycles. The zero-order chi connectivity index (χ0) is 9.97. The lowest BCUT2D eigenvalue weighted by atomic mass is 9.78. The number of aliphatic hydroxyl groups excluding tert-OH is 1. The second kappa shape index (κ2) is 4.18. The van der Waals surface area contributed by atoms with E-state index in [9.17, 15) is 5.11 Å². The van der Waals surface area contributed by atoms with Gasteiger partial charge in [0.2, 0.25) is 0 Å². The van der Waals surface area contributed by atoms with Crippen molar-refractivity contribution in [1.82, 2.24) is 0 Å². The average Bonchev–Trinajstić information content (AvgIpc) is 2.64. The minimum atomic E-state index is -0.128.